The highest BCUT2D eigenvalue weighted by atomic mass is 32.1. The van der Waals surface area contributed by atoms with Gasteiger partial charge in [0.05, 0.1) is 16.7 Å². The van der Waals surface area contributed by atoms with E-state index in [0.29, 0.717) is 28.6 Å². The van der Waals surface area contributed by atoms with Crippen molar-refractivity contribution >= 4 is 45.0 Å². The van der Waals surface area contributed by atoms with Gasteiger partial charge in [-0.3, -0.25) is 18.7 Å². The maximum Gasteiger partial charge on any atom is 0.329 e. The molecule has 0 unspecified atom stereocenters. The second-order valence-corrected chi connectivity index (χ2v) is 8.33. The molecule has 2 aromatic heterocycles. The van der Waals surface area contributed by atoms with Crippen LogP contribution >= 0.6 is 11.3 Å². The molecular weight excluding hydrogens is 445 g/mol. The fraction of sp³-hybridized carbons (Fsp3) is 0.217. The summed E-state index contributed by atoms with van der Waals surface area (Å²) in [7, 11) is 0. The van der Waals surface area contributed by atoms with Crippen LogP contribution < -0.4 is 16.3 Å². The van der Waals surface area contributed by atoms with E-state index in [1.165, 1.54) is 23.6 Å². The van der Waals surface area contributed by atoms with E-state index in [0.717, 1.165) is 23.3 Å². The summed E-state index contributed by atoms with van der Waals surface area (Å²) in [6.07, 6.45) is 0.796. The fourth-order valence-electron chi connectivity index (χ4n) is 3.63. The number of hydrogen-bond donors (Lipinski definition) is 2. The molecule has 0 saturated carbocycles. The number of thiazole rings is 1. The fourth-order valence-corrected chi connectivity index (χ4v) is 4.35. The molecule has 0 radical (unpaired) electrons. The van der Waals surface area contributed by atoms with Crippen LogP contribution in [-0.4, -0.2) is 25.9 Å². The number of benzene rings is 2. The number of imidazole rings is 1. The van der Waals surface area contributed by atoms with Gasteiger partial charge in [-0.1, -0.05) is 19.1 Å². The van der Waals surface area contributed by atoms with Crippen molar-refractivity contribution in [1.29, 1.82) is 0 Å². The van der Waals surface area contributed by atoms with Crippen LogP contribution in [0.1, 0.15) is 20.3 Å². The van der Waals surface area contributed by atoms with Crippen LogP contribution in [0.25, 0.3) is 22.3 Å². The number of nitrogens with zero attached hydrogens (tertiary/aromatic N) is 3. The molecule has 0 fully saturated rings. The van der Waals surface area contributed by atoms with Gasteiger partial charge < -0.3 is 10.6 Å². The summed E-state index contributed by atoms with van der Waals surface area (Å²) in [6, 6.07) is 11.7. The largest absolute Gasteiger partial charge is 0.329 e. The van der Waals surface area contributed by atoms with Crippen LogP contribution in [0.3, 0.4) is 0 Å². The van der Waals surface area contributed by atoms with E-state index < -0.39 is 11.7 Å². The molecule has 170 valence electrons. The maximum absolute atomic E-state index is 14.5. The van der Waals surface area contributed by atoms with Crippen molar-refractivity contribution in [2.45, 2.75) is 33.4 Å². The van der Waals surface area contributed by atoms with Crippen LogP contribution in [-0.2, 0) is 22.7 Å². The Hall–Kier alpha value is -3.79. The van der Waals surface area contributed by atoms with E-state index in [2.05, 4.69) is 15.6 Å². The zero-order valence-electron chi connectivity index (χ0n) is 18.1. The minimum atomic E-state index is -0.542. The summed E-state index contributed by atoms with van der Waals surface area (Å²) < 4.78 is 17.6. The Morgan fingerprint density at radius 1 is 1.09 bits per heavy atom. The maximum atomic E-state index is 14.5. The van der Waals surface area contributed by atoms with E-state index in [-0.39, 0.29) is 23.7 Å². The molecule has 33 heavy (non-hydrogen) atoms. The summed E-state index contributed by atoms with van der Waals surface area (Å²) in [5.41, 5.74) is 2.19. The number of fused-ring (bicyclic) bond motifs is 1. The molecule has 0 aliphatic heterocycles. The third-order valence-electron chi connectivity index (χ3n) is 4.99. The molecule has 0 aliphatic carbocycles. The van der Waals surface area contributed by atoms with Crippen molar-refractivity contribution in [3.05, 3.63) is 64.1 Å². The van der Waals surface area contributed by atoms with Gasteiger partial charge in [0.1, 0.15) is 12.4 Å². The number of para-hydroxylation sites is 2. The molecule has 8 nitrogen and oxygen atoms in total. The first-order valence-corrected chi connectivity index (χ1v) is 11.3. The second-order valence-electron chi connectivity index (χ2n) is 7.47. The van der Waals surface area contributed by atoms with Gasteiger partial charge in [0.15, 0.2) is 5.13 Å². The van der Waals surface area contributed by atoms with Gasteiger partial charge in [0, 0.05) is 30.1 Å². The van der Waals surface area contributed by atoms with Crippen molar-refractivity contribution in [1.82, 2.24) is 14.1 Å². The lowest BCUT2D eigenvalue weighted by atomic mass is 10.1. The molecule has 4 aromatic rings. The first-order valence-electron chi connectivity index (χ1n) is 10.4. The standard InChI is InChI=1S/C23H22FN5O3S/c1-3-10-28-19-6-4-5-7-20(19)29(23(28)32)12-21(31)27-22-26-18(13-33-22)16-9-8-15(11-17(16)24)25-14(2)30/h4-9,11,13H,3,10,12H2,1-2H3,(H,25,30)(H,26,27,31). The van der Waals surface area contributed by atoms with Crippen molar-refractivity contribution in [2.24, 2.45) is 0 Å². The minimum absolute atomic E-state index is 0.162. The average Bonchev–Trinajstić information content (AvgIpc) is 3.32. The summed E-state index contributed by atoms with van der Waals surface area (Å²) >= 11 is 1.16. The lowest BCUT2D eigenvalue weighted by Crippen LogP contribution is -2.29. The minimum Gasteiger partial charge on any atom is -0.326 e. The van der Waals surface area contributed by atoms with Crippen LogP contribution in [0.5, 0.6) is 0 Å². The van der Waals surface area contributed by atoms with E-state index >= 15 is 0 Å². The number of carbonyl (C=O) groups excluding carboxylic acids is 2. The second kappa shape index (κ2) is 9.37. The highest BCUT2D eigenvalue weighted by Gasteiger charge is 2.17. The third-order valence-corrected chi connectivity index (χ3v) is 5.75. The Morgan fingerprint density at radius 3 is 2.48 bits per heavy atom. The predicted octanol–water partition coefficient (Wildman–Crippen LogP) is 4.07. The number of aryl methyl sites for hydroxylation is 1. The van der Waals surface area contributed by atoms with Crippen molar-refractivity contribution in [2.75, 3.05) is 10.6 Å². The number of aromatic nitrogens is 3. The number of hydrogen-bond acceptors (Lipinski definition) is 5. The highest BCUT2D eigenvalue weighted by Crippen LogP contribution is 2.28. The number of anilines is 2. The zero-order chi connectivity index (χ0) is 23.5. The van der Waals surface area contributed by atoms with Gasteiger partial charge in [-0.25, -0.2) is 14.2 Å². The lowest BCUT2D eigenvalue weighted by Gasteiger charge is -2.05. The molecule has 4 rings (SSSR count). The third kappa shape index (κ3) is 4.70. The Labute approximate surface area is 192 Å². The molecule has 10 heteroatoms. The van der Waals surface area contributed by atoms with E-state index in [4.69, 9.17) is 0 Å². The summed E-state index contributed by atoms with van der Waals surface area (Å²) in [4.78, 5) is 41.0. The SMILES string of the molecule is CCCn1c(=O)n(CC(=O)Nc2nc(-c3ccc(NC(C)=O)cc3F)cs2)c2ccccc21. The van der Waals surface area contributed by atoms with Crippen molar-refractivity contribution < 1.29 is 14.0 Å². The number of rotatable bonds is 7. The first kappa shape index (κ1) is 22.4. The molecule has 2 heterocycles. The highest BCUT2D eigenvalue weighted by molar-refractivity contribution is 7.14. The topological polar surface area (TPSA) is 98.0 Å². The molecule has 0 aliphatic rings. The first-order chi connectivity index (χ1) is 15.9. The normalized spacial score (nSPS) is 11.0. The molecule has 2 aromatic carbocycles. The van der Waals surface area contributed by atoms with Gasteiger partial charge in [0.2, 0.25) is 11.8 Å². The van der Waals surface area contributed by atoms with Crippen molar-refractivity contribution in [3.8, 4) is 11.3 Å². The Kier molecular flexibility index (Phi) is 6.36. The van der Waals surface area contributed by atoms with E-state index in [9.17, 15) is 18.8 Å². The van der Waals surface area contributed by atoms with Gasteiger partial charge >= 0.3 is 5.69 Å². The van der Waals surface area contributed by atoms with Crippen LogP contribution in [0.4, 0.5) is 15.2 Å². The van der Waals surface area contributed by atoms with E-state index in [1.807, 2.05) is 31.2 Å². The number of carbonyl (C=O) groups is 2. The molecular formula is C23H22FN5O3S. The van der Waals surface area contributed by atoms with Crippen molar-refractivity contribution in [3.63, 3.8) is 0 Å². The summed E-state index contributed by atoms with van der Waals surface area (Å²) in [6.45, 7) is 3.74. The van der Waals surface area contributed by atoms with Gasteiger partial charge in [0.25, 0.3) is 0 Å². The lowest BCUT2D eigenvalue weighted by molar-refractivity contribution is -0.117. The monoisotopic (exact) mass is 467 g/mol. The van der Waals surface area contributed by atoms with Gasteiger partial charge in [-0.15, -0.1) is 11.3 Å². The Morgan fingerprint density at radius 2 is 1.82 bits per heavy atom. The van der Waals surface area contributed by atoms with Gasteiger partial charge in [-0.05, 0) is 36.8 Å². The summed E-state index contributed by atoms with van der Waals surface area (Å²) in [5, 5.41) is 7.14. The number of amides is 2. The summed E-state index contributed by atoms with van der Waals surface area (Å²) in [5.74, 6) is -1.24. The smallest absolute Gasteiger partial charge is 0.326 e. The number of nitrogens with one attached hydrogen (secondary N) is 2. The van der Waals surface area contributed by atoms with E-state index in [1.54, 1.807) is 16.0 Å². The zero-order valence-corrected chi connectivity index (χ0v) is 18.9. The average molecular weight is 468 g/mol. The Balaban J connectivity index is 1.52. The van der Waals surface area contributed by atoms with Crippen LogP contribution in [0, 0.1) is 5.82 Å². The van der Waals surface area contributed by atoms with Crippen LogP contribution in [0.2, 0.25) is 0 Å². The Bertz CT molecular complexity index is 1400. The van der Waals surface area contributed by atoms with Crippen LogP contribution in [0.15, 0.2) is 52.6 Å². The molecule has 2 N–H and O–H groups in total. The van der Waals surface area contributed by atoms with Gasteiger partial charge in [-0.2, -0.15) is 0 Å². The number of halogens is 1. The molecule has 0 atom stereocenters. The predicted molar refractivity (Wildman–Crippen MR) is 127 cm³/mol. The molecule has 2 amide bonds. The molecule has 0 bridgehead atoms. The quantitative estimate of drug-likeness (QED) is 0.428. The molecule has 0 spiro atoms. The molecule has 0 saturated heterocycles.